The molecule has 0 unspecified atom stereocenters. The first-order chi connectivity index (χ1) is 9.66. The second-order valence-corrected chi connectivity index (χ2v) is 5.55. The summed E-state index contributed by atoms with van der Waals surface area (Å²) in [6.45, 7) is 14.8. The highest BCUT2D eigenvalue weighted by Gasteiger charge is 1.84. The molecule has 0 atom stereocenters. The van der Waals surface area contributed by atoms with Crippen LogP contribution >= 0.6 is 0 Å². The number of H-pyrrole nitrogens is 2. The van der Waals surface area contributed by atoms with Crippen molar-refractivity contribution in [1.29, 1.82) is 0 Å². The van der Waals surface area contributed by atoms with Crippen molar-refractivity contribution in [2.75, 3.05) is 0 Å². The Hall–Kier alpha value is -2.06. The average Bonchev–Trinajstić information content (AvgIpc) is 2.91. The number of aromatic nitrogens is 8. The van der Waals surface area contributed by atoms with E-state index in [0.717, 1.165) is 16.5 Å². The van der Waals surface area contributed by atoms with Crippen LogP contribution < -0.4 is 5.69 Å². The van der Waals surface area contributed by atoms with Gasteiger partial charge in [0.05, 0.1) is 0 Å². The quantitative estimate of drug-likeness (QED) is 0.758. The fraction of sp³-hybridized carbons (Fsp3) is 0.833. The van der Waals surface area contributed by atoms with Crippen molar-refractivity contribution in [3.63, 3.8) is 0 Å². The SMILES string of the molecule is CC(C)C.CC(C)C.Cc1nn[nH]n1.Cn1nn[nH]c1=O. The molecule has 0 radical (unpaired) electrons. The second kappa shape index (κ2) is 12.9. The highest BCUT2D eigenvalue weighted by atomic mass is 16.2. The topological polar surface area (TPSA) is 118 Å². The molecular formula is C12H28N8O. The van der Waals surface area contributed by atoms with Crippen molar-refractivity contribution in [3.05, 3.63) is 16.3 Å². The molecule has 0 saturated carbocycles. The fourth-order valence-corrected chi connectivity index (χ4v) is 0.457. The van der Waals surface area contributed by atoms with Crippen LogP contribution in [0, 0.1) is 18.8 Å². The Labute approximate surface area is 125 Å². The molecule has 9 heteroatoms. The molecule has 0 saturated heterocycles. The number of nitrogens with one attached hydrogen (secondary N) is 2. The van der Waals surface area contributed by atoms with Crippen LogP contribution in [0.2, 0.25) is 0 Å². The van der Waals surface area contributed by atoms with Gasteiger partial charge in [0.1, 0.15) is 0 Å². The van der Waals surface area contributed by atoms with E-state index in [1.165, 1.54) is 7.05 Å². The van der Waals surface area contributed by atoms with Gasteiger partial charge < -0.3 is 0 Å². The second-order valence-electron chi connectivity index (χ2n) is 5.55. The fourth-order valence-electron chi connectivity index (χ4n) is 0.457. The zero-order valence-corrected chi connectivity index (χ0v) is 14.2. The lowest BCUT2D eigenvalue weighted by atomic mass is 10.3. The summed E-state index contributed by atoms with van der Waals surface area (Å²) in [4.78, 5) is 10.2. The van der Waals surface area contributed by atoms with Gasteiger partial charge in [-0.2, -0.15) is 9.90 Å². The smallest absolute Gasteiger partial charge is 0.245 e. The monoisotopic (exact) mass is 300 g/mol. The van der Waals surface area contributed by atoms with E-state index in [9.17, 15) is 4.79 Å². The number of rotatable bonds is 0. The zero-order valence-electron chi connectivity index (χ0n) is 14.2. The molecule has 0 spiro atoms. The molecule has 0 aromatic carbocycles. The van der Waals surface area contributed by atoms with Gasteiger partial charge >= 0.3 is 5.69 Å². The van der Waals surface area contributed by atoms with Gasteiger partial charge in [-0.1, -0.05) is 46.8 Å². The van der Waals surface area contributed by atoms with E-state index in [1.807, 2.05) is 0 Å². The van der Waals surface area contributed by atoms with Crippen molar-refractivity contribution >= 4 is 0 Å². The largest absolute Gasteiger partial charge is 0.360 e. The summed E-state index contributed by atoms with van der Waals surface area (Å²) in [6.07, 6.45) is 0. The zero-order chi connectivity index (χ0) is 16.8. The molecule has 0 aliphatic heterocycles. The minimum Gasteiger partial charge on any atom is -0.245 e. The Kier molecular flexibility index (Phi) is 13.1. The Morgan fingerprint density at radius 3 is 1.57 bits per heavy atom. The van der Waals surface area contributed by atoms with Crippen LogP contribution in [0.4, 0.5) is 0 Å². The summed E-state index contributed by atoms with van der Waals surface area (Å²) in [5, 5.41) is 21.3. The average molecular weight is 300 g/mol. The Morgan fingerprint density at radius 2 is 1.48 bits per heavy atom. The molecule has 2 aromatic rings. The summed E-state index contributed by atoms with van der Waals surface area (Å²) >= 11 is 0. The van der Waals surface area contributed by atoms with Crippen molar-refractivity contribution < 1.29 is 0 Å². The lowest BCUT2D eigenvalue weighted by molar-refractivity contribution is 0.695. The first-order valence-electron chi connectivity index (χ1n) is 6.81. The maximum Gasteiger partial charge on any atom is 0.360 e. The van der Waals surface area contributed by atoms with Gasteiger partial charge in [0.2, 0.25) is 0 Å². The molecule has 9 nitrogen and oxygen atoms in total. The summed E-state index contributed by atoms with van der Waals surface area (Å²) in [7, 11) is 1.52. The van der Waals surface area contributed by atoms with Crippen molar-refractivity contribution in [1.82, 2.24) is 40.8 Å². The van der Waals surface area contributed by atoms with Crippen LogP contribution in [0.3, 0.4) is 0 Å². The Morgan fingerprint density at radius 1 is 1.00 bits per heavy atom. The van der Waals surface area contributed by atoms with Crippen LogP contribution in [-0.4, -0.2) is 40.8 Å². The molecule has 21 heavy (non-hydrogen) atoms. The number of tetrazole rings is 2. The van der Waals surface area contributed by atoms with E-state index < -0.39 is 0 Å². The third kappa shape index (κ3) is 20.4. The van der Waals surface area contributed by atoms with Crippen LogP contribution in [-0.2, 0) is 7.05 Å². The maximum absolute atomic E-state index is 10.2. The number of hydrogen-bond acceptors (Lipinski definition) is 6. The van der Waals surface area contributed by atoms with Crippen molar-refractivity contribution in [2.24, 2.45) is 18.9 Å². The molecule has 0 aliphatic rings. The molecule has 2 aromatic heterocycles. The van der Waals surface area contributed by atoms with E-state index in [1.54, 1.807) is 6.92 Å². The van der Waals surface area contributed by atoms with Gasteiger partial charge in [0, 0.05) is 7.05 Å². The summed E-state index contributed by atoms with van der Waals surface area (Å²) in [5.41, 5.74) is -0.292. The van der Waals surface area contributed by atoms with Gasteiger partial charge in [-0.25, -0.2) is 9.89 Å². The van der Waals surface area contributed by atoms with Crippen LogP contribution in [0.5, 0.6) is 0 Å². The number of hydrogen-bond donors (Lipinski definition) is 2. The lowest BCUT2D eigenvalue weighted by Crippen LogP contribution is -2.13. The number of aromatic amines is 2. The van der Waals surface area contributed by atoms with Crippen LogP contribution in [0.1, 0.15) is 47.4 Å². The van der Waals surface area contributed by atoms with Gasteiger partial charge in [-0.05, 0) is 29.2 Å². The molecule has 0 amide bonds. The van der Waals surface area contributed by atoms with Gasteiger partial charge in [0.15, 0.2) is 5.82 Å². The van der Waals surface area contributed by atoms with E-state index in [4.69, 9.17) is 0 Å². The van der Waals surface area contributed by atoms with E-state index in [0.29, 0.717) is 5.82 Å². The predicted molar refractivity (Wildman–Crippen MR) is 81.6 cm³/mol. The predicted octanol–water partition coefficient (Wildman–Crippen LogP) is 1.34. The maximum atomic E-state index is 10.2. The van der Waals surface area contributed by atoms with Gasteiger partial charge in [-0.3, -0.25) is 0 Å². The highest BCUT2D eigenvalue weighted by Crippen LogP contribution is 1.81. The minimum atomic E-state index is -0.292. The molecule has 2 rings (SSSR count). The van der Waals surface area contributed by atoms with E-state index >= 15 is 0 Å². The third-order valence-electron chi connectivity index (χ3n) is 1.07. The molecule has 2 heterocycles. The van der Waals surface area contributed by atoms with E-state index in [-0.39, 0.29) is 5.69 Å². The summed E-state index contributed by atoms with van der Waals surface area (Å²) in [6, 6.07) is 0. The minimum absolute atomic E-state index is 0.292. The Balaban J connectivity index is 0. The molecule has 0 fully saturated rings. The molecule has 0 bridgehead atoms. The van der Waals surface area contributed by atoms with E-state index in [2.05, 4.69) is 77.7 Å². The van der Waals surface area contributed by atoms with Gasteiger partial charge in [-0.15, -0.1) is 10.2 Å². The highest BCUT2D eigenvalue weighted by molar-refractivity contribution is 4.63. The summed E-state index contributed by atoms with van der Waals surface area (Å²) in [5.74, 6) is 2.34. The first-order valence-corrected chi connectivity index (χ1v) is 6.81. The number of nitrogens with zero attached hydrogens (tertiary/aromatic N) is 6. The Bertz CT molecular complexity index is 460. The first kappa shape index (κ1) is 21.2. The molecular weight excluding hydrogens is 272 g/mol. The molecule has 0 aliphatic carbocycles. The molecule has 2 N–H and O–H groups in total. The van der Waals surface area contributed by atoms with Crippen molar-refractivity contribution in [2.45, 2.75) is 48.5 Å². The van der Waals surface area contributed by atoms with Crippen LogP contribution in [0.15, 0.2) is 4.79 Å². The normalized spacial score (nSPS) is 9.05. The summed E-state index contributed by atoms with van der Waals surface area (Å²) < 4.78 is 1.11. The van der Waals surface area contributed by atoms with Crippen LogP contribution in [0.25, 0.3) is 0 Å². The van der Waals surface area contributed by atoms with Crippen molar-refractivity contribution in [3.8, 4) is 0 Å². The third-order valence-corrected chi connectivity index (χ3v) is 1.07. The van der Waals surface area contributed by atoms with Gasteiger partial charge in [0.25, 0.3) is 0 Å². The molecule has 122 valence electrons. The standard InChI is InChI=1S/2C4H10.C2H4N4O.C2H4N4/c2*1-4(2)3;1-6-2(7)3-4-5-6;1-2-3-5-6-4-2/h2*4H,1-3H3;1H3,(H,3,5,7);1H3,(H,3,4,5,6). The number of aryl methyl sites for hydroxylation is 2. The lowest BCUT2D eigenvalue weighted by Gasteiger charge is -1.79.